The Morgan fingerprint density at radius 2 is 1.85 bits per heavy atom. The van der Waals surface area contributed by atoms with Crippen LogP contribution in [0.25, 0.3) is 0 Å². The molecule has 2 fully saturated rings. The summed E-state index contributed by atoms with van der Waals surface area (Å²) in [4.78, 5) is 25.4. The molecule has 0 aromatic heterocycles. The van der Waals surface area contributed by atoms with E-state index in [2.05, 4.69) is 5.32 Å². The average molecular weight is 304 g/mol. The van der Waals surface area contributed by atoms with E-state index in [0.29, 0.717) is 18.9 Å². The first-order valence-electron chi connectivity index (χ1n) is 7.48. The van der Waals surface area contributed by atoms with Gasteiger partial charge in [-0.1, -0.05) is 0 Å². The molecule has 2 saturated heterocycles. The maximum absolute atomic E-state index is 12.3. The maximum Gasteiger partial charge on any atom is 0.240 e. The van der Waals surface area contributed by atoms with Gasteiger partial charge in [0.1, 0.15) is 6.04 Å². The van der Waals surface area contributed by atoms with Crippen LogP contribution in [0.5, 0.6) is 0 Å². The Balaban J connectivity index is 0.00000200. The zero-order valence-electron chi connectivity index (χ0n) is 12.0. The summed E-state index contributed by atoms with van der Waals surface area (Å²) in [6.45, 7) is 2.82. The second kappa shape index (κ2) is 8.47. The minimum absolute atomic E-state index is 0. The van der Waals surface area contributed by atoms with E-state index in [1.807, 2.05) is 0 Å². The van der Waals surface area contributed by atoms with Crippen molar-refractivity contribution in [2.75, 3.05) is 19.6 Å². The monoisotopic (exact) mass is 303 g/mol. The number of nitrogens with two attached hydrogens (primary N) is 1. The van der Waals surface area contributed by atoms with E-state index in [1.54, 1.807) is 4.90 Å². The summed E-state index contributed by atoms with van der Waals surface area (Å²) in [5.41, 5.74) is 5.39. The standard InChI is InChI=1S/C14H25N3O2.ClH/c15-14(19)12-3-1-2-10-17(12)13(18)5-4-11-6-8-16-9-7-11;/h11-12,16H,1-10H2,(H2,15,19);1H. The van der Waals surface area contributed by atoms with Gasteiger partial charge in [0.2, 0.25) is 11.8 Å². The van der Waals surface area contributed by atoms with Gasteiger partial charge in [0.25, 0.3) is 0 Å². The quantitative estimate of drug-likeness (QED) is 0.815. The average Bonchev–Trinajstić information content (AvgIpc) is 2.46. The number of likely N-dealkylation sites (tertiary alicyclic amines) is 1. The summed E-state index contributed by atoms with van der Waals surface area (Å²) in [6, 6.07) is -0.366. The van der Waals surface area contributed by atoms with E-state index in [4.69, 9.17) is 5.73 Å². The molecule has 0 bridgehead atoms. The Hall–Kier alpha value is -0.810. The molecule has 0 aliphatic carbocycles. The maximum atomic E-state index is 12.3. The lowest BCUT2D eigenvalue weighted by Gasteiger charge is -2.34. The van der Waals surface area contributed by atoms with Crippen LogP contribution in [0.2, 0.25) is 0 Å². The van der Waals surface area contributed by atoms with Gasteiger partial charge in [-0.15, -0.1) is 12.4 Å². The lowest BCUT2D eigenvalue weighted by molar-refractivity contribution is -0.141. The van der Waals surface area contributed by atoms with Crippen molar-refractivity contribution in [1.82, 2.24) is 10.2 Å². The number of nitrogens with one attached hydrogen (secondary N) is 1. The van der Waals surface area contributed by atoms with Gasteiger partial charge in [0.05, 0.1) is 0 Å². The van der Waals surface area contributed by atoms with E-state index in [1.165, 1.54) is 0 Å². The summed E-state index contributed by atoms with van der Waals surface area (Å²) >= 11 is 0. The molecule has 0 aromatic rings. The van der Waals surface area contributed by atoms with Crippen molar-refractivity contribution >= 4 is 24.2 Å². The van der Waals surface area contributed by atoms with Gasteiger partial charge in [0.15, 0.2) is 0 Å². The summed E-state index contributed by atoms with van der Waals surface area (Å²) in [7, 11) is 0. The lowest BCUT2D eigenvalue weighted by atomic mass is 9.92. The number of piperidine rings is 2. The number of amides is 2. The van der Waals surface area contributed by atoms with Crippen LogP contribution < -0.4 is 11.1 Å². The highest BCUT2D eigenvalue weighted by Gasteiger charge is 2.30. The number of nitrogens with zero attached hydrogens (tertiary/aromatic N) is 1. The molecular weight excluding hydrogens is 278 g/mol. The number of carbonyl (C=O) groups excluding carboxylic acids is 2. The Morgan fingerprint density at radius 1 is 1.15 bits per heavy atom. The molecule has 5 nitrogen and oxygen atoms in total. The third kappa shape index (κ3) is 4.63. The molecule has 0 saturated carbocycles. The van der Waals surface area contributed by atoms with E-state index >= 15 is 0 Å². The molecule has 116 valence electrons. The predicted octanol–water partition coefficient (Wildman–Crippen LogP) is 1.05. The van der Waals surface area contributed by atoms with Crippen molar-refractivity contribution in [3.8, 4) is 0 Å². The van der Waals surface area contributed by atoms with Gasteiger partial charge in [0, 0.05) is 13.0 Å². The fourth-order valence-corrected chi connectivity index (χ4v) is 3.17. The molecule has 2 rings (SSSR count). The molecule has 0 radical (unpaired) electrons. The van der Waals surface area contributed by atoms with Crippen molar-refractivity contribution in [2.24, 2.45) is 11.7 Å². The summed E-state index contributed by atoms with van der Waals surface area (Å²) in [5, 5.41) is 3.33. The summed E-state index contributed by atoms with van der Waals surface area (Å²) in [6.07, 6.45) is 6.54. The van der Waals surface area contributed by atoms with Crippen molar-refractivity contribution in [3.63, 3.8) is 0 Å². The topological polar surface area (TPSA) is 75.4 Å². The van der Waals surface area contributed by atoms with Gasteiger partial charge in [-0.25, -0.2) is 0 Å². The highest BCUT2D eigenvalue weighted by molar-refractivity contribution is 5.86. The van der Waals surface area contributed by atoms with Crippen LogP contribution >= 0.6 is 12.4 Å². The second-order valence-electron chi connectivity index (χ2n) is 5.73. The van der Waals surface area contributed by atoms with Crippen LogP contribution in [0.1, 0.15) is 44.9 Å². The van der Waals surface area contributed by atoms with Crippen molar-refractivity contribution in [3.05, 3.63) is 0 Å². The molecule has 2 aliphatic rings. The molecule has 0 spiro atoms. The fourth-order valence-electron chi connectivity index (χ4n) is 3.17. The van der Waals surface area contributed by atoms with E-state index in [-0.39, 0.29) is 30.3 Å². The fraction of sp³-hybridized carbons (Fsp3) is 0.857. The van der Waals surface area contributed by atoms with Crippen molar-refractivity contribution < 1.29 is 9.59 Å². The number of hydrogen-bond acceptors (Lipinski definition) is 3. The van der Waals surface area contributed by atoms with Gasteiger partial charge in [-0.3, -0.25) is 9.59 Å². The second-order valence-corrected chi connectivity index (χ2v) is 5.73. The molecule has 2 heterocycles. The Morgan fingerprint density at radius 3 is 2.50 bits per heavy atom. The lowest BCUT2D eigenvalue weighted by Crippen LogP contribution is -2.50. The molecule has 20 heavy (non-hydrogen) atoms. The normalized spacial score (nSPS) is 24.0. The van der Waals surface area contributed by atoms with Crippen LogP contribution in [-0.4, -0.2) is 42.4 Å². The van der Waals surface area contributed by atoms with Crippen LogP contribution in [0, 0.1) is 5.92 Å². The van der Waals surface area contributed by atoms with Gasteiger partial charge in [-0.05, 0) is 57.5 Å². The number of halogens is 1. The van der Waals surface area contributed by atoms with Crippen LogP contribution in [0.4, 0.5) is 0 Å². The zero-order valence-corrected chi connectivity index (χ0v) is 12.8. The molecule has 3 N–H and O–H groups in total. The first-order chi connectivity index (χ1) is 9.18. The highest BCUT2D eigenvalue weighted by atomic mass is 35.5. The Kier molecular flexibility index (Phi) is 7.30. The van der Waals surface area contributed by atoms with Gasteiger partial charge >= 0.3 is 0 Å². The SMILES string of the molecule is Cl.NC(=O)C1CCCCN1C(=O)CCC1CCNCC1. The number of carbonyl (C=O) groups is 2. The smallest absolute Gasteiger partial charge is 0.240 e. The molecule has 2 aliphatic heterocycles. The van der Waals surface area contributed by atoms with E-state index in [9.17, 15) is 9.59 Å². The van der Waals surface area contributed by atoms with E-state index in [0.717, 1.165) is 51.6 Å². The van der Waals surface area contributed by atoms with Crippen LogP contribution in [0.15, 0.2) is 0 Å². The molecular formula is C14H26ClN3O2. The van der Waals surface area contributed by atoms with Crippen LogP contribution in [-0.2, 0) is 9.59 Å². The highest BCUT2D eigenvalue weighted by Crippen LogP contribution is 2.22. The molecule has 2 amide bonds. The third-order valence-corrected chi connectivity index (χ3v) is 4.38. The summed E-state index contributed by atoms with van der Waals surface area (Å²) in [5.74, 6) is 0.416. The largest absolute Gasteiger partial charge is 0.368 e. The van der Waals surface area contributed by atoms with E-state index < -0.39 is 0 Å². The molecule has 6 heteroatoms. The Labute approximate surface area is 127 Å². The molecule has 0 aromatic carbocycles. The van der Waals surface area contributed by atoms with Gasteiger partial charge in [-0.2, -0.15) is 0 Å². The number of hydrogen-bond donors (Lipinski definition) is 2. The third-order valence-electron chi connectivity index (χ3n) is 4.38. The summed E-state index contributed by atoms with van der Waals surface area (Å²) < 4.78 is 0. The van der Waals surface area contributed by atoms with Crippen molar-refractivity contribution in [2.45, 2.75) is 51.0 Å². The minimum atomic E-state index is -0.366. The van der Waals surface area contributed by atoms with Crippen molar-refractivity contribution in [1.29, 1.82) is 0 Å². The number of primary amides is 1. The molecule has 1 atom stereocenters. The van der Waals surface area contributed by atoms with Crippen LogP contribution in [0.3, 0.4) is 0 Å². The molecule has 1 unspecified atom stereocenters. The first kappa shape index (κ1) is 17.2. The zero-order chi connectivity index (χ0) is 13.7. The Bertz CT molecular complexity index is 332. The minimum Gasteiger partial charge on any atom is -0.368 e. The first-order valence-corrected chi connectivity index (χ1v) is 7.48. The number of rotatable bonds is 4. The van der Waals surface area contributed by atoms with Gasteiger partial charge < -0.3 is 16.0 Å². The predicted molar refractivity (Wildman–Crippen MR) is 80.6 cm³/mol.